The molecule has 2 heterocycles. The molecule has 204 valence electrons. The number of rotatable bonds is 13. The van der Waals surface area contributed by atoms with Crippen LogP contribution in [-0.4, -0.2) is 57.2 Å². The summed E-state index contributed by atoms with van der Waals surface area (Å²) in [4.78, 5) is 24.8. The lowest BCUT2D eigenvalue weighted by atomic mass is 10.1. The van der Waals surface area contributed by atoms with E-state index in [2.05, 4.69) is 49.5 Å². The zero-order chi connectivity index (χ0) is 27.6. The number of nitrogens with one attached hydrogen (secondary N) is 3. The van der Waals surface area contributed by atoms with Crippen molar-refractivity contribution in [1.82, 2.24) is 25.1 Å². The number of carbonyl (C=O) groups is 1. The fourth-order valence-corrected chi connectivity index (χ4v) is 4.33. The van der Waals surface area contributed by atoms with Crippen molar-refractivity contribution < 1.29 is 9.53 Å². The molecule has 0 unspecified atom stereocenters. The molecule has 2 aromatic heterocycles. The van der Waals surface area contributed by atoms with E-state index in [0.29, 0.717) is 11.7 Å². The summed E-state index contributed by atoms with van der Waals surface area (Å²) in [7, 11) is 0. The van der Waals surface area contributed by atoms with E-state index >= 15 is 0 Å². The molecular formula is C30H37N7O2. The Morgan fingerprint density at radius 3 is 2.51 bits per heavy atom. The van der Waals surface area contributed by atoms with Crippen LogP contribution in [0.3, 0.4) is 0 Å². The fraction of sp³-hybridized carbons (Fsp3) is 0.333. The van der Waals surface area contributed by atoms with Crippen molar-refractivity contribution in [3.05, 3.63) is 77.6 Å². The van der Waals surface area contributed by atoms with Gasteiger partial charge in [0.2, 0.25) is 11.8 Å². The van der Waals surface area contributed by atoms with Gasteiger partial charge in [-0.25, -0.2) is 4.98 Å². The van der Waals surface area contributed by atoms with Gasteiger partial charge in [-0.1, -0.05) is 44.2 Å². The van der Waals surface area contributed by atoms with Gasteiger partial charge in [0.15, 0.2) is 0 Å². The lowest BCUT2D eigenvalue weighted by Gasteiger charge is -2.17. The maximum atomic E-state index is 13.4. The van der Waals surface area contributed by atoms with Crippen LogP contribution in [0, 0.1) is 13.8 Å². The summed E-state index contributed by atoms with van der Waals surface area (Å²) in [6, 6.07) is 15.3. The number of ether oxygens (including phenoxy) is 1. The highest BCUT2D eigenvalue weighted by atomic mass is 16.5. The summed E-state index contributed by atoms with van der Waals surface area (Å²) < 4.78 is 6.20. The molecular weight excluding hydrogens is 490 g/mol. The first-order valence-corrected chi connectivity index (χ1v) is 13.5. The topological polar surface area (TPSA) is 108 Å². The fourth-order valence-electron chi connectivity index (χ4n) is 4.33. The van der Waals surface area contributed by atoms with Crippen molar-refractivity contribution in [1.29, 1.82) is 0 Å². The second-order valence-electron chi connectivity index (χ2n) is 9.39. The molecule has 0 atom stereocenters. The number of carbonyl (C=O) groups excluding carboxylic acids is 1. The van der Waals surface area contributed by atoms with Gasteiger partial charge in [0.05, 0.1) is 5.69 Å². The highest BCUT2D eigenvalue weighted by molar-refractivity contribution is 6.06. The minimum Gasteiger partial charge on any atom is -0.438 e. The molecule has 0 aliphatic rings. The second kappa shape index (κ2) is 13.5. The van der Waals surface area contributed by atoms with Crippen LogP contribution in [0.1, 0.15) is 48.2 Å². The Hall–Kier alpha value is -4.24. The van der Waals surface area contributed by atoms with Gasteiger partial charge in [-0.15, -0.1) is 0 Å². The largest absolute Gasteiger partial charge is 0.438 e. The van der Waals surface area contributed by atoms with Crippen molar-refractivity contribution in [2.24, 2.45) is 0 Å². The van der Waals surface area contributed by atoms with Crippen LogP contribution in [0.25, 0.3) is 11.3 Å². The van der Waals surface area contributed by atoms with Gasteiger partial charge in [-0.3, -0.25) is 9.89 Å². The number of anilines is 2. The SMILES string of the molecule is CCN(CC)CCCCNc1ncc(C(=O)Nc2c(C)cccc2C)c(Oc2cccc(-c3ccn[nH]3)c2)n1. The molecule has 0 aliphatic carbocycles. The molecule has 2 aromatic carbocycles. The summed E-state index contributed by atoms with van der Waals surface area (Å²) in [5, 5.41) is 13.3. The molecule has 39 heavy (non-hydrogen) atoms. The van der Waals surface area contributed by atoms with E-state index in [0.717, 1.165) is 67.1 Å². The van der Waals surface area contributed by atoms with Crippen LogP contribution < -0.4 is 15.4 Å². The number of unbranched alkanes of at least 4 members (excludes halogenated alkanes) is 1. The van der Waals surface area contributed by atoms with E-state index in [4.69, 9.17) is 4.74 Å². The molecule has 3 N–H and O–H groups in total. The standard InChI is InChI=1S/C30H37N7O2/c1-5-37(6-2)18-8-7-16-31-30-32-20-25(28(38)34-27-21(3)11-9-12-22(27)4)29(35-30)39-24-14-10-13-23(19-24)26-15-17-33-36-26/h9-15,17,19-20H,5-8,16,18H2,1-4H3,(H,33,36)(H,34,38)(H,31,32,35). The molecule has 9 heteroatoms. The first-order valence-electron chi connectivity index (χ1n) is 13.5. The molecule has 4 aromatic rings. The van der Waals surface area contributed by atoms with Gasteiger partial charge in [0.1, 0.15) is 11.3 Å². The smallest absolute Gasteiger partial charge is 0.262 e. The number of hydrogen-bond acceptors (Lipinski definition) is 7. The lowest BCUT2D eigenvalue weighted by Crippen LogP contribution is -2.24. The Balaban J connectivity index is 1.55. The molecule has 0 aliphatic heterocycles. The number of nitrogens with zero attached hydrogens (tertiary/aromatic N) is 4. The van der Waals surface area contributed by atoms with Gasteiger partial charge < -0.3 is 20.3 Å². The Morgan fingerprint density at radius 2 is 1.79 bits per heavy atom. The third-order valence-electron chi connectivity index (χ3n) is 6.66. The molecule has 0 radical (unpaired) electrons. The number of aromatic nitrogens is 4. The molecule has 0 fully saturated rings. The van der Waals surface area contributed by atoms with Crippen LogP contribution in [0.2, 0.25) is 0 Å². The normalized spacial score (nSPS) is 11.0. The van der Waals surface area contributed by atoms with Crippen molar-refractivity contribution in [2.45, 2.75) is 40.5 Å². The van der Waals surface area contributed by atoms with Crippen molar-refractivity contribution in [3.63, 3.8) is 0 Å². The van der Waals surface area contributed by atoms with E-state index in [-0.39, 0.29) is 17.4 Å². The minimum atomic E-state index is -0.335. The number of hydrogen-bond donors (Lipinski definition) is 3. The van der Waals surface area contributed by atoms with E-state index in [1.165, 1.54) is 6.20 Å². The van der Waals surface area contributed by atoms with Gasteiger partial charge in [-0.05, 0) is 75.6 Å². The number of para-hydroxylation sites is 1. The Morgan fingerprint density at radius 1 is 1.03 bits per heavy atom. The molecule has 4 rings (SSSR count). The molecule has 9 nitrogen and oxygen atoms in total. The average Bonchev–Trinajstić information content (AvgIpc) is 3.48. The van der Waals surface area contributed by atoms with Crippen LogP contribution in [0.15, 0.2) is 60.9 Å². The first-order chi connectivity index (χ1) is 19.0. The molecule has 0 spiro atoms. The van der Waals surface area contributed by atoms with Gasteiger partial charge in [-0.2, -0.15) is 10.1 Å². The number of amides is 1. The number of aryl methyl sites for hydroxylation is 2. The maximum absolute atomic E-state index is 13.4. The predicted molar refractivity (Wildman–Crippen MR) is 156 cm³/mol. The first kappa shape index (κ1) is 27.8. The Bertz CT molecular complexity index is 1350. The van der Waals surface area contributed by atoms with Crippen LogP contribution in [0.4, 0.5) is 11.6 Å². The van der Waals surface area contributed by atoms with Gasteiger partial charge >= 0.3 is 0 Å². The van der Waals surface area contributed by atoms with E-state index in [1.807, 2.05) is 62.4 Å². The third kappa shape index (κ3) is 7.42. The summed E-state index contributed by atoms with van der Waals surface area (Å²) in [5.74, 6) is 0.812. The van der Waals surface area contributed by atoms with E-state index in [1.54, 1.807) is 6.20 Å². The quantitative estimate of drug-likeness (QED) is 0.181. The van der Waals surface area contributed by atoms with Gasteiger partial charge in [0, 0.05) is 30.2 Å². The number of benzene rings is 2. The molecule has 1 amide bonds. The van der Waals surface area contributed by atoms with Gasteiger partial charge in [0.25, 0.3) is 5.91 Å². The lowest BCUT2D eigenvalue weighted by molar-refractivity contribution is 0.102. The van der Waals surface area contributed by atoms with Crippen molar-refractivity contribution >= 4 is 17.5 Å². The maximum Gasteiger partial charge on any atom is 0.262 e. The molecule has 0 bridgehead atoms. The summed E-state index contributed by atoms with van der Waals surface area (Å²) in [5.41, 5.74) is 4.74. The Labute approximate surface area is 230 Å². The number of H-pyrrole nitrogens is 1. The highest BCUT2D eigenvalue weighted by Crippen LogP contribution is 2.29. The highest BCUT2D eigenvalue weighted by Gasteiger charge is 2.19. The minimum absolute atomic E-state index is 0.182. The summed E-state index contributed by atoms with van der Waals surface area (Å²) in [6.45, 7) is 12.2. The zero-order valence-electron chi connectivity index (χ0n) is 23.1. The van der Waals surface area contributed by atoms with Crippen molar-refractivity contribution in [3.8, 4) is 22.9 Å². The summed E-state index contributed by atoms with van der Waals surface area (Å²) in [6.07, 6.45) is 5.28. The van der Waals surface area contributed by atoms with E-state index < -0.39 is 0 Å². The molecule has 0 saturated carbocycles. The van der Waals surface area contributed by atoms with Crippen LogP contribution in [0.5, 0.6) is 11.6 Å². The monoisotopic (exact) mass is 527 g/mol. The van der Waals surface area contributed by atoms with Crippen LogP contribution >= 0.6 is 0 Å². The predicted octanol–water partition coefficient (Wildman–Crippen LogP) is 6.06. The Kier molecular flexibility index (Phi) is 9.64. The number of aromatic amines is 1. The second-order valence-corrected chi connectivity index (χ2v) is 9.39. The summed E-state index contributed by atoms with van der Waals surface area (Å²) >= 11 is 0. The van der Waals surface area contributed by atoms with E-state index in [9.17, 15) is 4.79 Å². The molecule has 0 saturated heterocycles. The van der Waals surface area contributed by atoms with Crippen molar-refractivity contribution in [2.75, 3.05) is 36.8 Å². The average molecular weight is 528 g/mol. The zero-order valence-corrected chi connectivity index (χ0v) is 23.1. The van der Waals surface area contributed by atoms with Crippen LogP contribution in [-0.2, 0) is 0 Å². The third-order valence-corrected chi connectivity index (χ3v) is 6.66.